The molecular weight excluding hydrogens is 214 g/mol. The second-order valence-corrected chi connectivity index (χ2v) is 4.67. The molecule has 0 aliphatic carbocycles. The van der Waals surface area contributed by atoms with Crippen LogP contribution in [0.2, 0.25) is 0 Å². The number of anilines is 2. The summed E-state index contributed by atoms with van der Waals surface area (Å²) in [4.78, 5) is 4.75. The van der Waals surface area contributed by atoms with Gasteiger partial charge in [0.2, 0.25) is 0 Å². The summed E-state index contributed by atoms with van der Waals surface area (Å²) >= 11 is 0. The van der Waals surface area contributed by atoms with E-state index in [0.717, 1.165) is 31.9 Å². The molecule has 94 valence electrons. The number of ether oxygens (including phenoxy) is 1. The smallest absolute Gasteiger partial charge is 0.143 e. The second-order valence-electron chi connectivity index (χ2n) is 4.67. The Hall–Kier alpha value is -1.42. The van der Waals surface area contributed by atoms with Gasteiger partial charge in [-0.2, -0.15) is 0 Å². The van der Waals surface area contributed by atoms with E-state index in [9.17, 15) is 0 Å². The molecule has 0 radical (unpaired) electrons. The molecule has 4 nitrogen and oxygen atoms in total. The van der Waals surface area contributed by atoms with Crippen LogP contribution in [0.25, 0.3) is 0 Å². The maximum absolute atomic E-state index is 5.90. The van der Waals surface area contributed by atoms with E-state index in [0.29, 0.717) is 5.69 Å². The molecule has 0 unspecified atom stereocenters. The lowest BCUT2D eigenvalue weighted by atomic mass is 10.1. The van der Waals surface area contributed by atoms with E-state index in [4.69, 9.17) is 10.5 Å². The van der Waals surface area contributed by atoms with Crippen molar-refractivity contribution in [3.63, 3.8) is 0 Å². The van der Waals surface area contributed by atoms with Crippen LogP contribution in [0.5, 0.6) is 5.75 Å². The van der Waals surface area contributed by atoms with E-state index in [1.54, 1.807) is 7.11 Å². The summed E-state index contributed by atoms with van der Waals surface area (Å²) in [5.41, 5.74) is 9.07. The average Bonchev–Trinajstić information content (AvgIpc) is 2.31. The fourth-order valence-electron chi connectivity index (χ4n) is 2.26. The summed E-state index contributed by atoms with van der Waals surface area (Å²) in [7, 11) is 3.82. The third-order valence-electron chi connectivity index (χ3n) is 3.39. The summed E-state index contributed by atoms with van der Waals surface area (Å²) in [5.74, 6) is 0.768. The highest BCUT2D eigenvalue weighted by atomic mass is 16.5. The minimum absolute atomic E-state index is 0.711. The summed E-state index contributed by atoms with van der Waals surface area (Å²) in [6.45, 7) is 6.43. The second kappa shape index (κ2) is 4.84. The van der Waals surface area contributed by atoms with Crippen molar-refractivity contribution in [1.29, 1.82) is 0 Å². The molecule has 1 aromatic carbocycles. The Labute approximate surface area is 103 Å². The van der Waals surface area contributed by atoms with Gasteiger partial charge in [-0.1, -0.05) is 0 Å². The lowest BCUT2D eigenvalue weighted by molar-refractivity contribution is 0.312. The van der Waals surface area contributed by atoms with Gasteiger partial charge in [-0.15, -0.1) is 0 Å². The summed E-state index contributed by atoms with van der Waals surface area (Å²) < 4.78 is 5.29. The van der Waals surface area contributed by atoms with Gasteiger partial charge in [0.05, 0.1) is 12.8 Å². The van der Waals surface area contributed by atoms with Crippen LogP contribution in [0.1, 0.15) is 5.56 Å². The van der Waals surface area contributed by atoms with E-state index in [1.165, 1.54) is 11.3 Å². The van der Waals surface area contributed by atoms with Gasteiger partial charge in [0.15, 0.2) is 0 Å². The molecule has 1 aromatic rings. The van der Waals surface area contributed by atoms with Gasteiger partial charge in [0.1, 0.15) is 5.75 Å². The third-order valence-corrected chi connectivity index (χ3v) is 3.39. The van der Waals surface area contributed by atoms with Gasteiger partial charge in [-0.3, -0.25) is 0 Å². The van der Waals surface area contributed by atoms with Crippen LogP contribution in [-0.4, -0.2) is 45.2 Å². The monoisotopic (exact) mass is 235 g/mol. The van der Waals surface area contributed by atoms with Crippen molar-refractivity contribution in [2.45, 2.75) is 6.92 Å². The lowest BCUT2D eigenvalue weighted by Gasteiger charge is -2.35. The number of aryl methyl sites for hydroxylation is 1. The molecule has 1 aliphatic heterocycles. The van der Waals surface area contributed by atoms with Crippen LogP contribution in [0.3, 0.4) is 0 Å². The van der Waals surface area contributed by atoms with Crippen molar-refractivity contribution in [3.05, 3.63) is 17.7 Å². The number of hydrogen-bond donors (Lipinski definition) is 1. The van der Waals surface area contributed by atoms with E-state index in [2.05, 4.69) is 29.8 Å². The van der Waals surface area contributed by atoms with Crippen LogP contribution in [-0.2, 0) is 0 Å². The van der Waals surface area contributed by atoms with Gasteiger partial charge in [0.25, 0.3) is 0 Å². The lowest BCUT2D eigenvalue weighted by Crippen LogP contribution is -2.44. The van der Waals surface area contributed by atoms with Crippen molar-refractivity contribution < 1.29 is 4.74 Å². The summed E-state index contributed by atoms with van der Waals surface area (Å²) in [6.07, 6.45) is 0. The highest BCUT2D eigenvalue weighted by Crippen LogP contribution is 2.31. The first-order valence-electron chi connectivity index (χ1n) is 5.99. The van der Waals surface area contributed by atoms with Gasteiger partial charge in [-0.25, -0.2) is 0 Å². The number of nitrogens with zero attached hydrogens (tertiary/aromatic N) is 2. The molecule has 1 heterocycles. The molecule has 0 atom stereocenters. The standard InChI is InChI=1S/C13H21N3O/c1-10-8-11(14)13(17-3)9-12(10)16-6-4-15(2)5-7-16/h8-9H,4-7,14H2,1-3H3. The Morgan fingerprint density at radius 1 is 1.18 bits per heavy atom. The van der Waals surface area contributed by atoms with Crippen molar-refractivity contribution >= 4 is 11.4 Å². The number of rotatable bonds is 2. The molecular formula is C13H21N3O. The normalized spacial score (nSPS) is 17.2. The molecule has 4 heteroatoms. The number of likely N-dealkylation sites (N-methyl/N-ethyl adjacent to an activating group) is 1. The maximum Gasteiger partial charge on any atom is 0.143 e. The SMILES string of the molecule is COc1cc(N2CCN(C)CC2)c(C)cc1N. The van der Waals surface area contributed by atoms with Crippen molar-refractivity contribution in [3.8, 4) is 5.75 Å². The van der Waals surface area contributed by atoms with Gasteiger partial charge >= 0.3 is 0 Å². The molecule has 2 rings (SSSR count). The first kappa shape index (κ1) is 12.0. The van der Waals surface area contributed by atoms with E-state index in [-0.39, 0.29) is 0 Å². The van der Waals surface area contributed by atoms with Gasteiger partial charge in [-0.05, 0) is 25.6 Å². The summed E-state index contributed by atoms with van der Waals surface area (Å²) in [6, 6.07) is 4.04. The first-order chi connectivity index (χ1) is 8.11. The van der Waals surface area contributed by atoms with Crippen molar-refractivity contribution in [2.24, 2.45) is 0 Å². The van der Waals surface area contributed by atoms with Crippen LogP contribution in [0.4, 0.5) is 11.4 Å². The number of methoxy groups -OCH3 is 1. The molecule has 17 heavy (non-hydrogen) atoms. The Bertz CT molecular complexity index is 398. The Morgan fingerprint density at radius 3 is 2.41 bits per heavy atom. The van der Waals surface area contributed by atoms with Crippen molar-refractivity contribution in [1.82, 2.24) is 4.90 Å². The van der Waals surface area contributed by atoms with E-state index < -0.39 is 0 Å². The Morgan fingerprint density at radius 2 is 1.82 bits per heavy atom. The van der Waals surface area contributed by atoms with Gasteiger partial charge in [0, 0.05) is 37.9 Å². The van der Waals surface area contributed by atoms with Crippen LogP contribution >= 0.6 is 0 Å². The molecule has 1 saturated heterocycles. The molecule has 1 fully saturated rings. The number of nitrogens with two attached hydrogens (primary N) is 1. The van der Waals surface area contributed by atoms with Crippen molar-refractivity contribution in [2.75, 3.05) is 51.0 Å². The molecule has 2 N–H and O–H groups in total. The van der Waals surface area contributed by atoms with E-state index in [1.807, 2.05) is 6.07 Å². The zero-order chi connectivity index (χ0) is 12.4. The summed E-state index contributed by atoms with van der Waals surface area (Å²) in [5, 5.41) is 0. The predicted octanol–water partition coefficient (Wildman–Crippen LogP) is 1.34. The third kappa shape index (κ3) is 2.47. The molecule has 0 spiro atoms. The largest absolute Gasteiger partial charge is 0.495 e. The average molecular weight is 235 g/mol. The molecule has 0 amide bonds. The van der Waals surface area contributed by atoms with Gasteiger partial charge < -0.3 is 20.3 Å². The maximum atomic E-state index is 5.90. The molecule has 0 aromatic heterocycles. The van der Waals surface area contributed by atoms with Crippen LogP contribution < -0.4 is 15.4 Å². The molecule has 1 aliphatic rings. The van der Waals surface area contributed by atoms with E-state index >= 15 is 0 Å². The van der Waals surface area contributed by atoms with Crippen LogP contribution in [0, 0.1) is 6.92 Å². The zero-order valence-corrected chi connectivity index (χ0v) is 10.9. The Kier molecular flexibility index (Phi) is 3.43. The fraction of sp³-hybridized carbons (Fsp3) is 0.538. The molecule has 0 saturated carbocycles. The number of nitrogen functional groups attached to an aromatic ring is 1. The quantitative estimate of drug-likeness (QED) is 0.785. The highest BCUT2D eigenvalue weighted by molar-refractivity contribution is 5.66. The first-order valence-corrected chi connectivity index (χ1v) is 5.99. The number of benzene rings is 1. The number of piperazine rings is 1. The number of hydrogen-bond acceptors (Lipinski definition) is 4. The fourth-order valence-corrected chi connectivity index (χ4v) is 2.26. The topological polar surface area (TPSA) is 41.7 Å². The minimum atomic E-state index is 0.711. The molecule has 0 bridgehead atoms. The Balaban J connectivity index is 2.25. The zero-order valence-electron chi connectivity index (χ0n) is 10.9. The highest BCUT2D eigenvalue weighted by Gasteiger charge is 2.17. The van der Waals surface area contributed by atoms with Crippen LogP contribution in [0.15, 0.2) is 12.1 Å². The minimum Gasteiger partial charge on any atom is -0.495 e. The predicted molar refractivity (Wildman–Crippen MR) is 71.9 cm³/mol.